The SMILES string of the molecule is CC(C)[C@H](N)c1nc(C(=O)N[C@@H]2C[C@H]3CO[C@@H](C)CN3C2)cs1.Cl.Cl. The molecule has 9 heteroatoms. The number of fused-ring (bicyclic) bond motifs is 1. The molecule has 144 valence electrons. The van der Waals surface area contributed by atoms with Crippen LogP contribution in [0.4, 0.5) is 0 Å². The van der Waals surface area contributed by atoms with Crippen molar-refractivity contribution < 1.29 is 9.53 Å². The van der Waals surface area contributed by atoms with Crippen molar-refractivity contribution in [2.75, 3.05) is 19.7 Å². The van der Waals surface area contributed by atoms with Crippen LogP contribution in [0.25, 0.3) is 0 Å². The molecule has 2 fully saturated rings. The quantitative estimate of drug-likeness (QED) is 0.794. The Morgan fingerprint density at radius 1 is 1.44 bits per heavy atom. The van der Waals surface area contributed by atoms with Gasteiger partial charge < -0.3 is 15.8 Å². The van der Waals surface area contributed by atoms with Gasteiger partial charge in [0.25, 0.3) is 5.91 Å². The predicted molar refractivity (Wildman–Crippen MR) is 105 cm³/mol. The molecule has 0 saturated carbocycles. The Bertz CT molecular complexity index is 572. The molecule has 1 amide bonds. The molecule has 0 bridgehead atoms. The number of nitrogens with one attached hydrogen (secondary N) is 1. The smallest absolute Gasteiger partial charge is 0.271 e. The second-order valence-electron chi connectivity index (χ2n) is 7.00. The van der Waals surface area contributed by atoms with Gasteiger partial charge in [0, 0.05) is 30.6 Å². The molecule has 0 spiro atoms. The first-order valence-corrected chi connectivity index (χ1v) is 9.19. The van der Waals surface area contributed by atoms with Gasteiger partial charge in [-0.3, -0.25) is 9.69 Å². The fourth-order valence-corrected chi connectivity index (χ4v) is 4.21. The van der Waals surface area contributed by atoms with E-state index in [0.29, 0.717) is 17.7 Å². The summed E-state index contributed by atoms with van der Waals surface area (Å²) in [4.78, 5) is 19.3. The Balaban J connectivity index is 0.00000156. The first-order valence-electron chi connectivity index (χ1n) is 8.31. The van der Waals surface area contributed by atoms with E-state index in [9.17, 15) is 4.79 Å². The molecule has 3 rings (SSSR count). The largest absolute Gasteiger partial charge is 0.376 e. The number of carbonyl (C=O) groups excluding carboxylic acids is 1. The average Bonchev–Trinajstić information content (AvgIpc) is 3.12. The maximum atomic E-state index is 12.4. The lowest BCUT2D eigenvalue weighted by Crippen LogP contribution is -2.45. The third kappa shape index (κ3) is 5.28. The third-order valence-electron chi connectivity index (χ3n) is 4.69. The molecule has 1 aromatic heterocycles. The van der Waals surface area contributed by atoms with E-state index < -0.39 is 0 Å². The van der Waals surface area contributed by atoms with Gasteiger partial charge in [-0.15, -0.1) is 36.2 Å². The predicted octanol–water partition coefficient (Wildman–Crippen LogP) is 2.23. The van der Waals surface area contributed by atoms with Crippen LogP contribution in [0.15, 0.2) is 5.38 Å². The van der Waals surface area contributed by atoms with Crippen LogP contribution >= 0.6 is 36.2 Å². The number of hydrogen-bond acceptors (Lipinski definition) is 6. The molecule has 1 aromatic rings. The van der Waals surface area contributed by atoms with Crippen LogP contribution < -0.4 is 11.1 Å². The number of ether oxygens (including phenoxy) is 1. The van der Waals surface area contributed by atoms with E-state index in [1.807, 2.05) is 0 Å². The van der Waals surface area contributed by atoms with E-state index in [2.05, 4.69) is 36.0 Å². The van der Waals surface area contributed by atoms with Gasteiger partial charge >= 0.3 is 0 Å². The summed E-state index contributed by atoms with van der Waals surface area (Å²) in [6, 6.07) is 0.489. The topological polar surface area (TPSA) is 80.5 Å². The third-order valence-corrected chi connectivity index (χ3v) is 5.63. The van der Waals surface area contributed by atoms with Crippen LogP contribution in [-0.4, -0.2) is 53.7 Å². The van der Waals surface area contributed by atoms with Gasteiger partial charge in [-0.1, -0.05) is 13.8 Å². The van der Waals surface area contributed by atoms with Crippen LogP contribution in [0, 0.1) is 5.92 Å². The summed E-state index contributed by atoms with van der Waals surface area (Å²) in [5.41, 5.74) is 6.58. The van der Waals surface area contributed by atoms with Crippen LogP contribution in [0.5, 0.6) is 0 Å². The number of thiazole rings is 1. The minimum absolute atomic E-state index is 0. The normalized spacial score (nSPS) is 27.2. The van der Waals surface area contributed by atoms with E-state index in [4.69, 9.17) is 10.5 Å². The summed E-state index contributed by atoms with van der Waals surface area (Å²) in [6.45, 7) is 8.81. The Hall–Kier alpha value is -0.440. The molecule has 4 atom stereocenters. The molecule has 6 nitrogen and oxygen atoms in total. The number of nitrogens with two attached hydrogens (primary N) is 1. The van der Waals surface area contributed by atoms with Crippen LogP contribution in [0.3, 0.4) is 0 Å². The highest BCUT2D eigenvalue weighted by Crippen LogP contribution is 2.25. The lowest BCUT2D eigenvalue weighted by atomic mass is 10.1. The molecule has 2 aliphatic rings. The minimum Gasteiger partial charge on any atom is -0.376 e. The first kappa shape index (κ1) is 22.6. The van der Waals surface area contributed by atoms with Crippen molar-refractivity contribution in [2.24, 2.45) is 11.7 Å². The molecule has 2 saturated heterocycles. The maximum Gasteiger partial charge on any atom is 0.271 e. The molecule has 0 radical (unpaired) electrons. The minimum atomic E-state index is -0.111. The van der Waals surface area contributed by atoms with E-state index >= 15 is 0 Å². The molecular formula is C16H28Cl2N4O2S. The van der Waals surface area contributed by atoms with Crippen molar-refractivity contribution in [3.8, 4) is 0 Å². The highest BCUT2D eigenvalue weighted by atomic mass is 35.5. The summed E-state index contributed by atoms with van der Waals surface area (Å²) >= 11 is 1.47. The molecule has 2 aliphatic heterocycles. The van der Waals surface area contributed by atoms with Crippen molar-refractivity contribution in [1.82, 2.24) is 15.2 Å². The Morgan fingerprint density at radius 2 is 2.16 bits per heavy atom. The summed E-state index contributed by atoms with van der Waals surface area (Å²) in [6.07, 6.45) is 1.22. The summed E-state index contributed by atoms with van der Waals surface area (Å²) in [7, 11) is 0. The number of rotatable bonds is 4. The van der Waals surface area contributed by atoms with Crippen molar-refractivity contribution in [3.05, 3.63) is 16.1 Å². The summed E-state index contributed by atoms with van der Waals surface area (Å²) < 4.78 is 5.70. The van der Waals surface area contributed by atoms with E-state index in [1.54, 1.807) is 5.38 Å². The van der Waals surface area contributed by atoms with Crippen molar-refractivity contribution in [1.29, 1.82) is 0 Å². The van der Waals surface area contributed by atoms with Gasteiger partial charge in [-0.25, -0.2) is 4.98 Å². The molecule has 3 heterocycles. The second-order valence-corrected chi connectivity index (χ2v) is 7.89. The first-order chi connectivity index (χ1) is 10.9. The van der Waals surface area contributed by atoms with Crippen LogP contribution in [0.2, 0.25) is 0 Å². The highest BCUT2D eigenvalue weighted by Gasteiger charge is 2.37. The molecule has 25 heavy (non-hydrogen) atoms. The van der Waals surface area contributed by atoms with Crippen molar-refractivity contribution in [3.63, 3.8) is 0 Å². The second kappa shape index (κ2) is 9.48. The molecule has 3 N–H and O–H groups in total. The molecule has 0 unspecified atom stereocenters. The average molecular weight is 411 g/mol. The van der Waals surface area contributed by atoms with Gasteiger partial charge in [-0.05, 0) is 19.3 Å². The van der Waals surface area contributed by atoms with E-state index in [0.717, 1.165) is 31.1 Å². The van der Waals surface area contributed by atoms with Gasteiger partial charge in [0.2, 0.25) is 0 Å². The van der Waals surface area contributed by atoms with Crippen molar-refractivity contribution in [2.45, 2.75) is 51.4 Å². The zero-order chi connectivity index (χ0) is 16.6. The number of nitrogens with zero attached hydrogens (tertiary/aromatic N) is 2. The van der Waals surface area contributed by atoms with Crippen molar-refractivity contribution >= 4 is 42.1 Å². The van der Waals surface area contributed by atoms with E-state index in [-0.39, 0.29) is 48.9 Å². The van der Waals surface area contributed by atoms with Gasteiger partial charge in [0.15, 0.2) is 0 Å². The van der Waals surface area contributed by atoms with Crippen LogP contribution in [-0.2, 0) is 4.74 Å². The monoisotopic (exact) mass is 410 g/mol. The number of hydrogen-bond donors (Lipinski definition) is 2. The molecular weight excluding hydrogens is 383 g/mol. The Morgan fingerprint density at radius 3 is 2.84 bits per heavy atom. The zero-order valence-electron chi connectivity index (χ0n) is 14.8. The number of amides is 1. The molecule has 0 aliphatic carbocycles. The fourth-order valence-electron chi connectivity index (χ4n) is 3.23. The summed E-state index contributed by atoms with van der Waals surface area (Å²) in [5, 5.41) is 5.75. The van der Waals surface area contributed by atoms with E-state index in [1.165, 1.54) is 11.3 Å². The van der Waals surface area contributed by atoms with Gasteiger partial charge in [0.05, 0.1) is 18.8 Å². The fraction of sp³-hybridized carbons (Fsp3) is 0.750. The lowest BCUT2D eigenvalue weighted by Gasteiger charge is -2.33. The Labute approximate surface area is 165 Å². The molecule has 0 aromatic carbocycles. The zero-order valence-corrected chi connectivity index (χ0v) is 17.3. The van der Waals surface area contributed by atoms with Gasteiger partial charge in [-0.2, -0.15) is 0 Å². The number of aromatic nitrogens is 1. The number of morpholine rings is 1. The summed E-state index contributed by atoms with van der Waals surface area (Å²) in [5.74, 6) is 0.215. The van der Waals surface area contributed by atoms with Gasteiger partial charge in [0.1, 0.15) is 10.7 Å². The lowest BCUT2D eigenvalue weighted by molar-refractivity contribution is -0.0390. The Kier molecular flexibility index (Phi) is 8.57. The highest BCUT2D eigenvalue weighted by molar-refractivity contribution is 7.09. The number of halogens is 2. The van der Waals surface area contributed by atoms with Crippen LogP contribution in [0.1, 0.15) is 48.7 Å². The number of carbonyl (C=O) groups is 1. The maximum absolute atomic E-state index is 12.4. The standard InChI is InChI=1S/C16H26N4O2S.2ClH/c1-9(2)14(17)16-19-13(8-23-16)15(21)18-11-4-12-7-22-10(3)5-20(12)6-11;;/h8-12,14H,4-7,17H2,1-3H3,(H,18,21);2*1H/t10-,11+,12-,14-;;/m0../s1.